The molecule has 3 aromatic rings. The van der Waals surface area contributed by atoms with Crippen LogP contribution in [-0.2, 0) is 24.2 Å². The molecule has 29 heavy (non-hydrogen) atoms. The van der Waals surface area contributed by atoms with Crippen LogP contribution in [0.3, 0.4) is 0 Å². The zero-order chi connectivity index (χ0) is 20.1. The van der Waals surface area contributed by atoms with Crippen LogP contribution in [0.5, 0.6) is 11.5 Å². The first kappa shape index (κ1) is 19.5. The summed E-state index contributed by atoms with van der Waals surface area (Å²) in [6.45, 7) is 3.94. The minimum absolute atomic E-state index is 0.141. The SMILES string of the molecule is CCn1c(Cc2ccccc2)nnc1SCC(=O)Cc1ccc2c(c1)OCCO2. The molecule has 0 bridgehead atoms. The van der Waals surface area contributed by atoms with Crippen LogP contribution in [0.25, 0.3) is 0 Å². The molecule has 0 saturated heterocycles. The molecule has 1 aliphatic heterocycles. The molecule has 0 N–H and O–H groups in total. The van der Waals surface area contributed by atoms with Gasteiger partial charge in [0.25, 0.3) is 0 Å². The molecule has 0 aliphatic carbocycles. The lowest BCUT2D eigenvalue weighted by Crippen LogP contribution is -2.15. The Balaban J connectivity index is 1.37. The van der Waals surface area contributed by atoms with E-state index in [2.05, 4.69) is 33.8 Å². The normalized spacial score (nSPS) is 12.7. The van der Waals surface area contributed by atoms with Gasteiger partial charge >= 0.3 is 0 Å². The van der Waals surface area contributed by atoms with Crippen molar-refractivity contribution < 1.29 is 14.3 Å². The molecule has 0 fully saturated rings. The van der Waals surface area contributed by atoms with Crippen LogP contribution in [-0.4, -0.2) is 39.5 Å². The van der Waals surface area contributed by atoms with E-state index in [1.165, 1.54) is 17.3 Å². The van der Waals surface area contributed by atoms with Crippen LogP contribution in [0.15, 0.2) is 53.7 Å². The van der Waals surface area contributed by atoms with Gasteiger partial charge in [-0.15, -0.1) is 10.2 Å². The molecule has 1 aliphatic rings. The fourth-order valence-electron chi connectivity index (χ4n) is 3.27. The molecule has 150 valence electrons. The van der Waals surface area contributed by atoms with Crippen LogP contribution in [0.4, 0.5) is 0 Å². The highest BCUT2D eigenvalue weighted by molar-refractivity contribution is 7.99. The lowest BCUT2D eigenvalue weighted by molar-refractivity contribution is -0.116. The van der Waals surface area contributed by atoms with Crippen molar-refractivity contribution in [3.63, 3.8) is 0 Å². The molecule has 0 spiro atoms. The number of hydrogen-bond donors (Lipinski definition) is 0. The van der Waals surface area contributed by atoms with E-state index in [0.717, 1.165) is 35.3 Å². The first-order valence-electron chi connectivity index (χ1n) is 9.72. The number of rotatable bonds is 8. The van der Waals surface area contributed by atoms with Gasteiger partial charge in [0.1, 0.15) is 24.8 Å². The van der Waals surface area contributed by atoms with Crippen molar-refractivity contribution in [1.29, 1.82) is 0 Å². The average molecular weight is 410 g/mol. The van der Waals surface area contributed by atoms with E-state index in [4.69, 9.17) is 9.47 Å². The maximum atomic E-state index is 12.5. The summed E-state index contributed by atoms with van der Waals surface area (Å²) in [4.78, 5) is 12.5. The highest BCUT2D eigenvalue weighted by Crippen LogP contribution is 2.31. The summed E-state index contributed by atoms with van der Waals surface area (Å²) in [5, 5.41) is 9.44. The molecular formula is C22H23N3O3S. The standard InChI is InChI=1S/C22H23N3O3S/c1-2-25-21(14-16-6-4-3-5-7-16)23-24-22(25)29-15-18(26)12-17-8-9-19-20(13-17)28-11-10-27-19/h3-9,13H,2,10-12,14-15H2,1H3. The second kappa shape index (κ2) is 9.13. The third-order valence-electron chi connectivity index (χ3n) is 4.68. The number of benzene rings is 2. The van der Waals surface area contributed by atoms with Crippen LogP contribution >= 0.6 is 11.8 Å². The van der Waals surface area contributed by atoms with E-state index in [-0.39, 0.29) is 5.78 Å². The largest absolute Gasteiger partial charge is 0.486 e. The summed E-state index contributed by atoms with van der Waals surface area (Å²) in [7, 11) is 0. The summed E-state index contributed by atoms with van der Waals surface area (Å²) in [6.07, 6.45) is 1.09. The number of ketones is 1. The first-order chi connectivity index (χ1) is 14.2. The number of Topliss-reactive ketones (excluding diaryl/α,β-unsaturated/α-hetero) is 1. The molecule has 0 radical (unpaired) electrons. The number of aromatic nitrogens is 3. The molecule has 4 rings (SSSR count). The van der Waals surface area contributed by atoms with Crippen molar-refractivity contribution >= 4 is 17.5 Å². The average Bonchev–Trinajstić information content (AvgIpc) is 3.14. The van der Waals surface area contributed by atoms with E-state index in [1.54, 1.807) is 0 Å². The van der Waals surface area contributed by atoms with Gasteiger partial charge in [-0.2, -0.15) is 0 Å². The molecule has 6 nitrogen and oxygen atoms in total. The maximum absolute atomic E-state index is 12.5. The van der Waals surface area contributed by atoms with Crippen molar-refractivity contribution in [2.75, 3.05) is 19.0 Å². The number of nitrogens with zero attached hydrogens (tertiary/aromatic N) is 3. The molecule has 0 unspecified atom stereocenters. The Morgan fingerprint density at radius 2 is 1.83 bits per heavy atom. The topological polar surface area (TPSA) is 66.2 Å². The quantitative estimate of drug-likeness (QED) is 0.530. The van der Waals surface area contributed by atoms with Gasteiger partial charge in [0.2, 0.25) is 0 Å². The lowest BCUT2D eigenvalue weighted by Gasteiger charge is -2.18. The van der Waals surface area contributed by atoms with Crippen LogP contribution in [0.2, 0.25) is 0 Å². The maximum Gasteiger partial charge on any atom is 0.191 e. The zero-order valence-corrected chi connectivity index (χ0v) is 17.2. The minimum Gasteiger partial charge on any atom is -0.486 e. The Morgan fingerprint density at radius 3 is 2.62 bits per heavy atom. The molecule has 0 saturated carbocycles. The third kappa shape index (κ3) is 4.79. The van der Waals surface area contributed by atoms with Crippen molar-refractivity contribution in [3.8, 4) is 11.5 Å². The second-order valence-corrected chi connectivity index (χ2v) is 7.73. The Hall–Kier alpha value is -2.80. The Kier molecular flexibility index (Phi) is 6.14. The highest BCUT2D eigenvalue weighted by Gasteiger charge is 2.16. The third-order valence-corrected chi connectivity index (χ3v) is 5.71. The molecule has 2 heterocycles. The van der Waals surface area contributed by atoms with Gasteiger partial charge in [-0.25, -0.2) is 0 Å². The monoisotopic (exact) mass is 409 g/mol. The first-order valence-corrected chi connectivity index (χ1v) is 10.7. The summed E-state index contributed by atoms with van der Waals surface area (Å²) in [5.41, 5.74) is 2.13. The van der Waals surface area contributed by atoms with Crippen LogP contribution < -0.4 is 9.47 Å². The van der Waals surface area contributed by atoms with Crippen LogP contribution in [0.1, 0.15) is 23.9 Å². The summed E-state index contributed by atoms with van der Waals surface area (Å²) < 4.78 is 13.2. The smallest absolute Gasteiger partial charge is 0.191 e. The van der Waals surface area contributed by atoms with E-state index in [1.807, 2.05) is 36.4 Å². The molecule has 7 heteroatoms. The van der Waals surface area contributed by atoms with Gasteiger partial charge in [0.15, 0.2) is 16.7 Å². The number of thioether (sulfide) groups is 1. The van der Waals surface area contributed by atoms with E-state index < -0.39 is 0 Å². The fraction of sp³-hybridized carbons (Fsp3) is 0.318. The Labute approximate surface area is 174 Å². The Morgan fingerprint density at radius 1 is 1.03 bits per heavy atom. The predicted octanol–water partition coefficient (Wildman–Crippen LogP) is 3.56. The van der Waals surface area contributed by atoms with Gasteiger partial charge in [-0.3, -0.25) is 4.79 Å². The lowest BCUT2D eigenvalue weighted by atomic mass is 10.1. The highest BCUT2D eigenvalue weighted by atomic mass is 32.2. The summed E-state index contributed by atoms with van der Waals surface area (Å²) in [5.74, 6) is 2.87. The molecule has 0 amide bonds. The second-order valence-electron chi connectivity index (χ2n) is 6.79. The van der Waals surface area contributed by atoms with Crippen molar-refractivity contribution in [3.05, 3.63) is 65.5 Å². The van der Waals surface area contributed by atoms with Gasteiger partial charge in [0.05, 0.1) is 5.75 Å². The van der Waals surface area contributed by atoms with Crippen molar-refractivity contribution in [2.45, 2.75) is 31.5 Å². The predicted molar refractivity (Wildman–Crippen MR) is 112 cm³/mol. The van der Waals surface area contributed by atoms with Crippen molar-refractivity contribution in [2.24, 2.45) is 0 Å². The number of fused-ring (bicyclic) bond motifs is 1. The summed E-state index contributed by atoms with van der Waals surface area (Å²) in [6, 6.07) is 15.9. The van der Waals surface area contributed by atoms with E-state index in [9.17, 15) is 4.79 Å². The van der Waals surface area contributed by atoms with Gasteiger partial charge in [0, 0.05) is 19.4 Å². The fourth-order valence-corrected chi connectivity index (χ4v) is 4.16. The molecule has 2 aromatic carbocycles. The van der Waals surface area contributed by atoms with E-state index in [0.29, 0.717) is 31.1 Å². The van der Waals surface area contributed by atoms with Gasteiger partial charge in [-0.05, 0) is 30.2 Å². The number of hydrogen-bond acceptors (Lipinski definition) is 6. The minimum atomic E-state index is 0.141. The molecule has 1 aromatic heterocycles. The summed E-state index contributed by atoms with van der Waals surface area (Å²) >= 11 is 1.44. The van der Waals surface area contributed by atoms with Gasteiger partial charge < -0.3 is 14.0 Å². The van der Waals surface area contributed by atoms with E-state index >= 15 is 0 Å². The van der Waals surface area contributed by atoms with Crippen molar-refractivity contribution in [1.82, 2.24) is 14.8 Å². The number of carbonyl (C=O) groups excluding carboxylic acids is 1. The Bertz CT molecular complexity index is 988. The van der Waals surface area contributed by atoms with Gasteiger partial charge in [-0.1, -0.05) is 48.2 Å². The number of ether oxygens (including phenoxy) is 2. The zero-order valence-electron chi connectivity index (χ0n) is 16.3. The number of carbonyl (C=O) groups is 1. The molecule has 0 atom stereocenters. The molecular weight excluding hydrogens is 386 g/mol. The van der Waals surface area contributed by atoms with Crippen LogP contribution in [0, 0.1) is 0 Å².